The highest BCUT2D eigenvalue weighted by atomic mass is 19.3. The second-order valence-electron chi connectivity index (χ2n) is 3.70. The van der Waals surface area contributed by atoms with Gasteiger partial charge in [-0.3, -0.25) is 0 Å². The van der Waals surface area contributed by atoms with Crippen molar-refractivity contribution in [1.29, 1.82) is 0 Å². The number of rotatable bonds is 3. The van der Waals surface area contributed by atoms with Crippen LogP contribution in [0.1, 0.15) is 30.0 Å². The average molecular weight is 216 g/mol. The van der Waals surface area contributed by atoms with Gasteiger partial charge < -0.3 is 10.2 Å². The van der Waals surface area contributed by atoms with Crippen molar-refractivity contribution in [3.05, 3.63) is 28.8 Å². The van der Waals surface area contributed by atoms with Crippen molar-refractivity contribution in [2.24, 2.45) is 0 Å². The molecule has 0 saturated heterocycles. The molecule has 0 saturated carbocycles. The van der Waals surface area contributed by atoms with Crippen molar-refractivity contribution in [3.8, 4) is 5.75 Å². The predicted molar refractivity (Wildman–Crippen MR) is 53.2 cm³/mol. The van der Waals surface area contributed by atoms with Crippen LogP contribution in [-0.4, -0.2) is 16.3 Å². The molecule has 0 aliphatic rings. The lowest BCUT2D eigenvalue weighted by molar-refractivity contribution is 0.147. The second kappa shape index (κ2) is 4.57. The SMILES string of the molecule is Cc1cc(CC(C)O)cc(C(F)F)c1O. The van der Waals surface area contributed by atoms with Crippen LogP contribution < -0.4 is 0 Å². The molecule has 0 amide bonds. The van der Waals surface area contributed by atoms with Crippen molar-refractivity contribution in [1.82, 2.24) is 0 Å². The largest absolute Gasteiger partial charge is 0.507 e. The lowest BCUT2D eigenvalue weighted by atomic mass is 10.0. The fraction of sp³-hybridized carbons (Fsp3) is 0.455. The van der Waals surface area contributed by atoms with Crippen LogP contribution in [0.2, 0.25) is 0 Å². The summed E-state index contributed by atoms with van der Waals surface area (Å²) in [6, 6.07) is 2.84. The third kappa shape index (κ3) is 2.89. The van der Waals surface area contributed by atoms with Crippen LogP contribution in [0.25, 0.3) is 0 Å². The monoisotopic (exact) mass is 216 g/mol. The minimum atomic E-state index is -2.70. The Kier molecular flexibility index (Phi) is 3.63. The molecule has 0 fully saturated rings. The molecule has 0 heterocycles. The predicted octanol–water partition coefficient (Wildman–Crippen LogP) is 2.56. The van der Waals surface area contributed by atoms with Crippen LogP contribution >= 0.6 is 0 Å². The van der Waals surface area contributed by atoms with Gasteiger partial charge in [0.2, 0.25) is 0 Å². The number of halogens is 2. The fourth-order valence-electron chi connectivity index (χ4n) is 1.51. The Hall–Kier alpha value is -1.16. The third-order valence-corrected chi connectivity index (χ3v) is 2.16. The van der Waals surface area contributed by atoms with E-state index in [1.807, 2.05) is 0 Å². The topological polar surface area (TPSA) is 40.5 Å². The Labute approximate surface area is 87.2 Å². The Morgan fingerprint density at radius 1 is 1.33 bits per heavy atom. The molecule has 0 bridgehead atoms. The smallest absolute Gasteiger partial charge is 0.267 e. The Morgan fingerprint density at radius 3 is 2.40 bits per heavy atom. The molecule has 0 aliphatic heterocycles. The first-order valence-electron chi connectivity index (χ1n) is 4.70. The van der Waals surface area contributed by atoms with Crippen LogP contribution in [0.3, 0.4) is 0 Å². The summed E-state index contributed by atoms with van der Waals surface area (Å²) < 4.78 is 25.0. The number of alkyl halides is 2. The van der Waals surface area contributed by atoms with Gasteiger partial charge in [0.15, 0.2) is 0 Å². The fourth-order valence-corrected chi connectivity index (χ4v) is 1.51. The molecule has 1 atom stereocenters. The molecular weight excluding hydrogens is 202 g/mol. The molecule has 0 radical (unpaired) electrons. The van der Waals surface area contributed by atoms with Gasteiger partial charge in [0.1, 0.15) is 5.75 Å². The van der Waals surface area contributed by atoms with E-state index in [-0.39, 0.29) is 11.3 Å². The Morgan fingerprint density at radius 2 is 1.93 bits per heavy atom. The van der Waals surface area contributed by atoms with Crippen molar-refractivity contribution in [3.63, 3.8) is 0 Å². The van der Waals surface area contributed by atoms with Gasteiger partial charge in [0.05, 0.1) is 11.7 Å². The average Bonchev–Trinajstić information content (AvgIpc) is 2.09. The number of hydrogen-bond donors (Lipinski definition) is 2. The molecule has 2 nitrogen and oxygen atoms in total. The zero-order valence-electron chi connectivity index (χ0n) is 8.67. The van der Waals surface area contributed by atoms with Crippen molar-refractivity contribution in [2.45, 2.75) is 32.8 Å². The maximum atomic E-state index is 12.5. The Bertz CT molecular complexity index is 349. The molecule has 1 rings (SSSR count). The van der Waals surface area contributed by atoms with E-state index < -0.39 is 12.5 Å². The zero-order chi connectivity index (χ0) is 11.6. The molecule has 15 heavy (non-hydrogen) atoms. The van der Waals surface area contributed by atoms with Crippen LogP contribution in [0, 0.1) is 6.92 Å². The third-order valence-electron chi connectivity index (χ3n) is 2.16. The van der Waals surface area contributed by atoms with Gasteiger partial charge in [-0.15, -0.1) is 0 Å². The van der Waals surface area contributed by atoms with E-state index in [1.165, 1.54) is 6.07 Å². The molecule has 1 aromatic carbocycles. The van der Waals surface area contributed by atoms with E-state index >= 15 is 0 Å². The highest BCUT2D eigenvalue weighted by Gasteiger charge is 2.16. The first-order chi connectivity index (χ1) is 6.91. The van der Waals surface area contributed by atoms with E-state index in [9.17, 15) is 13.9 Å². The van der Waals surface area contributed by atoms with Crippen molar-refractivity contribution < 1.29 is 19.0 Å². The van der Waals surface area contributed by atoms with E-state index in [0.29, 0.717) is 17.5 Å². The molecule has 84 valence electrons. The summed E-state index contributed by atoms with van der Waals surface area (Å²) >= 11 is 0. The summed E-state index contributed by atoms with van der Waals surface area (Å²) in [5.41, 5.74) is 0.643. The van der Waals surface area contributed by atoms with Gasteiger partial charge in [0.25, 0.3) is 6.43 Å². The number of aliphatic hydroxyl groups is 1. The van der Waals surface area contributed by atoms with Gasteiger partial charge in [-0.25, -0.2) is 8.78 Å². The van der Waals surface area contributed by atoms with Crippen LogP contribution in [0.5, 0.6) is 5.75 Å². The van der Waals surface area contributed by atoms with Gasteiger partial charge in [0, 0.05) is 0 Å². The highest BCUT2D eigenvalue weighted by molar-refractivity contribution is 5.43. The summed E-state index contributed by atoms with van der Waals surface area (Å²) in [4.78, 5) is 0. The van der Waals surface area contributed by atoms with Crippen LogP contribution in [0.4, 0.5) is 8.78 Å². The molecule has 0 aromatic heterocycles. The van der Waals surface area contributed by atoms with E-state index in [0.717, 1.165) is 0 Å². The standard InChI is InChI=1S/C11H14F2O2/c1-6-3-8(4-7(2)14)5-9(10(6)15)11(12)13/h3,5,7,11,14-15H,4H2,1-2H3. The molecule has 4 heteroatoms. The molecule has 0 spiro atoms. The highest BCUT2D eigenvalue weighted by Crippen LogP contribution is 2.32. The van der Waals surface area contributed by atoms with Crippen molar-refractivity contribution in [2.75, 3.05) is 0 Å². The number of hydrogen-bond acceptors (Lipinski definition) is 2. The minimum absolute atomic E-state index is 0.306. The first-order valence-corrected chi connectivity index (χ1v) is 4.70. The van der Waals surface area contributed by atoms with Gasteiger partial charge in [-0.05, 0) is 37.5 Å². The molecule has 1 unspecified atom stereocenters. The quantitative estimate of drug-likeness (QED) is 0.815. The first kappa shape index (κ1) is 11.9. The summed E-state index contributed by atoms with van der Waals surface area (Å²) in [5, 5.41) is 18.5. The second-order valence-corrected chi connectivity index (χ2v) is 3.70. The van der Waals surface area contributed by atoms with Crippen molar-refractivity contribution >= 4 is 0 Å². The van der Waals surface area contributed by atoms with E-state index in [1.54, 1.807) is 19.9 Å². The van der Waals surface area contributed by atoms with E-state index in [2.05, 4.69) is 0 Å². The summed E-state index contributed by atoms with van der Waals surface area (Å²) in [6.07, 6.45) is -2.97. The lowest BCUT2D eigenvalue weighted by Gasteiger charge is -2.11. The molecule has 0 aliphatic carbocycles. The maximum Gasteiger partial charge on any atom is 0.267 e. The minimum Gasteiger partial charge on any atom is -0.507 e. The summed E-state index contributed by atoms with van der Waals surface area (Å²) in [6.45, 7) is 3.15. The summed E-state index contributed by atoms with van der Waals surface area (Å²) in [5.74, 6) is -0.362. The van der Waals surface area contributed by atoms with Gasteiger partial charge in [-0.2, -0.15) is 0 Å². The Balaban J connectivity index is 3.11. The number of phenolic OH excluding ortho intramolecular Hbond substituents is 1. The van der Waals surface area contributed by atoms with Gasteiger partial charge >= 0.3 is 0 Å². The molecule has 1 aromatic rings. The van der Waals surface area contributed by atoms with Crippen LogP contribution in [-0.2, 0) is 6.42 Å². The number of benzene rings is 1. The number of aryl methyl sites for hydroxylation is 1. The van der Waals surface area contributed by atoms with Crippen LogP contribution in [0.15, 0.2) is 12.1 Å². The number of aliphatic hydroxyl groups excluding tert-OH is 1. The summed E-state index contributed by atoms with van der Waals surface area (Å²) in [7, 11) is 0. The van der Waals surface area contributed by atoms with Gasteiger partial charge in [-0.1, -0.05) is 6.07 Å². The zero-order valence-corrected chi connectivity index (χ0v) is 8.67. The normalized spacial score (nSPS) is 13.2. The number of aromatic hydroxyl groups is 1. The van der Waals surface area contributed by atoms with E-state index in [4.69, 9.17) is 5.11 Å². The lowest BCUT2D eigenvalue weighted by Crippen LogP contribution is -2.05. The number of phenols is 1. The molecule has 2 N–H and O–H groups in total. The molecular formula is C11H14F2O2. The maximum absolute atomic E-state index is 12.5.